The molecular weight excluding hydrogens is 174 g/mol. The Balaban J connectivity index is 2.75. The summed E-state index contributed by atoms with van der Waals surface area (Å²) in [5.74, 6) is 0.441. The zero-order valence-corrected chi connectivity index (χ0v) is 8.54. The van der Waals surface area contributed by atoms with E-state index < -0.39 is 0 Å². The van der Waals surface area contributed by atoms with E-state index in [1.165, 1.54) is 10.9 Å². The van der Waals surface area contributed by atoms with Crippen LogP contribution in [0.2, 0.25) is 0 Å². The molecule has 0 saturated carbocycles. The second-order valence-corrected chi connectivity index (χ2v) is 3.89. The fraction of sp³-hybridized carbons (Fsp3) is 0.333. The smallest absolute Gasteiger partial charge is 0.0684 e. The Kier molecular flexibility index (Phi) is 2.30. The number of rotatable bonds is 2. The molecule has 0 spiro atoms. The van der Waals surface area contributed by atoms with Gasteiger partial charge in [0.25, 0.3) is 0 Å². The Morgan fingerprint density at radius 1 is 1.29 bits per heavy atom. The van der Waals surface area contributed by atoms with Gasteiger partial charge < -0.3 is 10.1 Å². The van der Waals surface area contributed by atoms with Crippen molar-refractivity contribution in [3.05, 3.63) is 35.5 Å². The first kappa shape index (κ1) is 9.28. The van der Waals surface area contributed by atoms with Crippen LogP contribution in [-0.2, 0) is 6.61 Å². The van der Waals surface area contributed by atoms with E-state index in [-0.39, 0.29) is 6.61 Å². The molecule has 2 heteroatoms. The SMILES string of the molecule is CC(C)c1c(CO)ccc2[nH]ccc12. The number of fused-ring (bicyclic) bond motifs is 1. The Hall–Kier alpha value is -1.28. The van der Waals surface area contributed by atoms with Gasteiger partial charge in [-0.25, -0.2) is 0 Å². The molecule has 0 aliphatic heterocycles. The first-order valence-electron chi connectivity index (χ1n) is 4.93. The van der Waals surface area contributed by atoms with Crippen LogP contribution in [0.15, 0.2) is 24.4 Å². The highest BCUT2D eigenvalue weighted by atomic mass is 16.3. The quantitative estimate of drug-likeness (QED) is 0.748. The fourth-order valence-electron chi connectivity index (χ4n) is 2.02. The Bertz CT molecular complexity index is 443. The molecule has 2 rings (SSSR count). The third kappa shape index (κ3) is 1.32. The standard InChI is InChI=1S/C12H15NO/c1-8(2)12-9(7-14)3-4-11-10(12)5-6-13-11/h3-6,8,13-14H,7H2,1-2H3. The molecule has 2 aromatic rings. The van der Waals surface area contributed by atoms with E-state index in [9.17, 15) is 5.11 Å². The van der Waals surface area contributed by atoms with Crippen LogP contribution in [0.4, 0.5) is 0 Å². The van der Waals surface area contributed by atoms with Crippen LogP contribution in [0.1, 0.15) is 30.9 Å². The Morgan fingerprint density at radius 2 is 2.07 bits per heavy atom. The lowest BCUT2D eigenvalue weighted by Crippen LogP contribution is -1.96. The Labute approximate surface area is 83.6 Å². The minimum Gasteiger partial charge on any atom is -0.392 e. The van der Waals surface area contributed by atoms with Gasteiger partial charge in [0.05, 0.1) is 6.61 Å². The molecule has 74 valence electrons. The molecule has 0 aliphatic carbocycles. The van der Waals surface area contributed by atoms with Gasteiger partial charge >= 0.3 is 0 Å². The van der Waals surface area contributed by atoms with Crippen LogP contribution in [0.25, 0.3) is 10.9 Å². The highest BCUT2D eigenvalue weighted by molar-refractivity contribution is 5.84. The van der Waals surface area contributed by atoms with E-state index in [1.807, 2.05) is 18.3 Å². The highest BCUT2D eigenvalue weighted by Crippen LogP contribution is 2.28. The van der Waals surface area contributed by atoms with Crippen LogP contribution in [0, 0.1) is 0 Å². The summed E-state index contributed by atoms with van der Waals surface area (Å²) < 4.78 is 0. The van der Waals surface area contributed by atoms with Crippen molar-refractivity contribution in [1.29, 1.82) is 0 Å². The molecule has 1 heterocycles. The van der Waals surface area contributed by atoms with E-state index in [1.54, 1.807) is 0 Å². The maximum atomic E-state index is 9.25. The molecule has 1 aromatic carbocycles. The molecule has 0 aliphatic rings. The van der Waals surface area contributed by atoms with Crippen LogP contribution < -0.4 is 0 Å². The van der Waals surface area contributed by atoms with Gasteiger partial charge in [0.1, 0.15) is 0 Å². The average Bonchev–Trinajstić information content (AvgIpc) is 2.62. The fourth-order valence-corrected chi connectivity index (χ4v) is 2.02. The largest absolute Gasteiger partial charge is 0.392 e. The molecular formula is C12H15NO. The predicted octanol–water partition coefficient (Wildman–Crippen LogP) is 2.78. The molecule has 0 saturated heterocycles. The minimum atomic E-state index is 0.120. The minimum absolute atomic E-state index is 0.120. The number of aliphatic hydroxyl groups excluding tert-OH is 1. The molecule has 1 aromatic heterocycles. The third-order valence-corrected chi connectivity index (χ3v) is 2.61. The molecule has 0 bridgehead atoms. The first-order valence-corrected chi connectivity index (χ1v) is 4.93. The van der Waals surface area contributed by atoms with E-state index in [2.05, 4.69) is 24.9 Å². The monoisotopic (exact) mass is 189 g/mol. The molecule has 0 radical (unpaired) electrons. The van der Waals surface area contributed by atoms with Crippen LogP contribution in [0.3, 0.4) is 0 Å². The second kappa shape index (κ2) is 3.46. The van der Waals surface area contributed by atoms with Gasteiger partial charge in [0, 0.05) is 17.1 Å². The summed E-state index contributed by atoms with van der Waals surface area (Å²) in [6.07, 6.45) is 1.94. The zero-order valence-electron chi connectivity index (χ0n) is 8.54. The van der Waals surface area contributed by atoms with Crippen molar-refractivity contribution in [1.82, 2.24) is 4.98 Å². The summed E-state index contributed by atoms with van der Waals surface area (Å²) in [6, 6.07) is 6.09. The number of benzene rings is 1. The lowest BCUT2D eigenvalue weighted by molar-refractivity contribution is 0.280. The Morgan fingerprint density at radius 3 is 2.71 bits per heavy atom. The van der Waals surface area contributed by atoms with Crippen molar-refractivity contribution in [2.75, 3.05) is 0 Å². The van der Waals surface area contributed by atoms with Crippen LogP contribution in [-0.4, -0.2) is 10.1 Å². The van der Waals surface area contributed by atoms with Gasteiger partial charge in [-0.1, -0.05) is 19.9 Å². The van der Waals surface area contributed by atoms with Crippen molar-refractivity contribution >= 4 is 10.9 Å². The molecule has 0 fully saturated rings. The van der Waals surface area contributed by atoms with E-state index >= 15 is 0 Å². The van der Waals surface area contributed by atoms with Crippen molar-refractivity contribution in [2.45, 2.75) is 26.4 Å². The first-order chi connectivity index (χ1) is 6.74. The van der Waals surface area contributed by atoms with Crippen LogP contribution in [0.5, 0.6) is 0 Å². The average molecular weight is 189 g/mol. The maximum Gasteiger partial charge on any atom is 0.0684 e. The predicted molar refractivity (Wildman–Crippen MR) is 58.3 cm³/mol. The second-order valence-electron chi connectivity index (χ2n) is 3.89. The summed E-state index contributed by atoms with van der Waals surface area (Å²) in [5.41, 5.74) is 3.43. The summed E-state index contributed by atoms with van der Waals surface area (Å²) in [4.78, 5) is 3.18. The summed E-state index contributed by atoms with van der Waals surface area (Å²) in [7, 11) is 0. The van der Waals surface area contributed by atoms with Crippen molar-refractivity contribution in [2.24, 2.45) is 0 Å². The molecule has 14 heavy (non-hydrogen) atoms. The normalized spacial score (nSPS) is 11.4. The van der Waals surface area contributed by atoms with E-state index in [0.717, 1.165) is 11.1 Å². The van der Waals surface area contributed by atoms with Gasteiger partial charge in [0.2, 0.25) is 0 Å². The van der Waals surface area contributed by atoms with Gasteiger partial charge in [-0.15, -0.1) is 0 Å². The van der Waals surface area contributed by atoms with E-state index in [4.69, 9.17) is 0 Å². The third-order valence-electron chi connectivity index (χ3n) is 2.61. The van der Waals surface area contributed by atoms with Gasteiger partial charge in [-0.3, -0.25) is 0 Å². The number of hydrogen-bond donors (Lipinski definition) is 2. The molecule has 0 amide bonds. The topological polar surface area (TPSA) is 36.0 Å². The summed E-state index contributed by atoms with van der Waals surface area (Å²) in [6.45, 7) is 4.43. The van der Waals surface area contributed by atoms with Crippen LogP contribution >= 0.6 is 0 Å². The lowest BCUT2D eigenvalue weighted by atomic mass is 9.94. The number of aromatic amines is 1. The van der Waals surface area contributed by atoms with E-state index in [0.29, 0.717) is 5.92 Å². The maximum absolute atomic E-state index is 9.25. The molecule has 0 atom stereocenters. The highest BCUT2D eigenvalue weighted by Gasteiger charge is 2.10. The molecule has 2 nitrogen and oxygen atoms in total. The van der Waals surface area contributed by atoms with Crippen molar-refractivity contribution in [3.8, 4) is 0 Å². The molecule has 2 N–H and O–H groups in total. The van der Waals surface area contributed by atoms with Gasteiger partial charge in [0.15, 0.2) is 0 Å². The summed E-state index contributed by atoms with van der Waals surface area (Å²) >= 11 is 0. The summed E-state index contributed by atoms with van der Waals surface area (Å²) in [5, 5.41) is 10.5. The molecule has 0 unspecified atom stereocenters. The number of nitrogens with one attached hydrogen (secondary N) is 1. The van der Waals surface area contributed by atoms with Gasteiger partial charge in [-0.2, -0.15) is 0 Å². The van der Waals surface area contributed by atoms with Crippen molar-refractivity contribution in [3.63, 3.8) is 0 Å². The number of hydrogen-bond acceptors (Lipinski definition) is 1. The number of H-pyrrole nitrogens is 1. The lowest BCUT2D eigenvalue weighted by Gasteiger charge is -2.12. The number of aliphatic hydroxyl groups is 1. The van der Waals surface area contributed by atoms with Crippen molar-refractivity contribution < 1.29 is 5.11 Å². The van der Waals surface area contributed by atoms with Gasteiger partial charge in [-0.05, 0) is 29.2 Å². The zero-order chi connectivity index (χ0) is 10.1. The number of aromatic nitrogens is 1.